The van der Waals surface area contributed by atoms with E-state index in [2.05, 4.69) is 20.9 Å². The van der Waals surface area contributed by atoms with Gasteiger partial charge in [-0.05, 0) is 50.2 Å². The summed E-state index contributed by atoms with van der Waals surface area (Å²) < 4.78 is 6.84. The van der Waals surface area contributed by atoms with E-state index in [1.807, 2.05) is 38.1 Å². The summed E-state index contributed by atoms with van der Waals surface area (Å²) in [6.45, 7) is 4.50. The van der Waals surface area contributed by atoms with Gasteiger partial charge in [0.1, 0.15) is 17.4 Å². The number of carbonyl (C=O) groups is 1. The molecule has 8 heteroatoms. The molecule has 0 saturated carbocycles. The number of nitrogens with zero attached hydrogens (tertiary/aromatic N) is 2. The molecule has 3 rings (SSSR count). The number of aromatic nitrogens is 1. The fraction of sp³-hybridized carbons (Fsp3) is 0.273. The third-order valence-electron chi connectivity index (χ3n) is 4.43. The summed E-state index contributed by atoms with van der Waals surface area (Å²) in [5.74, 6) is 0.581. The fourth-order valence-corrected chi connectivity index (χ4v) is 4.19. The maximum absolute atomic E-state index is 13.2. The SMILES string of the molecule is CC(C)N(Cc1cc(Cl)ccc1OCc1nc(CO)cs1)C(=O)c1cccc(Br)c1. The summed E-state index contributed by atoms with van der Waals surface area (Å²) in [5.41, 5.74) is 2.06. The van der Waals surface area contributed by atoms with E-state index in [9.17, 15) is 9.90 Å². The Morgan fingerprint density at radius 3 is 2.77 bits per heavy atom. The predicted molar refractivity (Wildman–Crippen MR) is 123 cm³/mol. The smallest absolute Gasteiger partial charge is 0.254 e. The summed E-state index contributed by atoms with van der Waals surface area (Å²) >= 11 is 11.1. The summed E-state index contributed by atoms with van der Waals surface area (Å²) in [6.07, 6.45) is 0. The number of rotatable bonds is 8. The Hall–Kier alpha value is -1.93. The Labute approximate surface area is 193 Å². The third-order valence-corrected chi connectivity index (χ3v) is 6.03. The number of thiazole rings is 1. The molecule has 158 valence electrons. The van der Waals surface area contributed by atoms with Crippen LogP contribution < -0.4 is 4.74 Å². The van der Waals surface area contributed by atoms with Crippen molar-refractivity contribution in [2.24, 2.45) is 0 Å². The van der Waals surface area contributed by atoms with E-state index in [0.717, 1.165) is 15.0 Å². The van der Waals surface area contributed by atoms with Gasteiger partial charge < -0.3 is 14.7 Å². The minimum atomic E-state index is -0.0935. The lowest BCUT2D eigenvalue weighted by Gasteiger charge is -2.28. The van der Waals surface area contributed by atoms with Crippen molar-refractivity contribution < 1.29 is 14.6 Å². The first-order valence-electron chi connectivity index (χ1n) is 9.39. The number of benzene rings is 2. The molecule has 3 aromatic rings. The van der Waals surface area contributed by atoms with Gasteiger partial charge in [-0.15, -0.1) is 11.3 Å². The molecule has 0 atom stereocenters. The molecule has 30 heavy (non-hydrogen) atoms. The van der Waals surface area contributed by atoms with Gasteiger partial charge in [-0.2, -0.15) is 0 Å². The van der Waals surface area contributed by atoms with Gasteiger partial charge in [0.2, 0.25) is 0 Å². The Balaban J connectivity index is 1.82. The van der Waals surface area contributed by atoms with Crippen LogP contribution in [-0.2, 0) is 19.8 Å². The molecule has 0 saturated heterocycles. The van der Waals surface area contributed by atoms with Crippen molar-refractivity contribution in [1.29, 1.82) is 0 Å². The van der Waals surface area contributed by atoms with E-state index in [1.165, 1.54) is 11.3 Å². The van der Waals surface area contributed by atoms with Gasteiger partial charge in [0.25, 0.3) is 5.91 Å². The Morgan fingerprint density at radius 1 is 1.30 bits per heavy atom. The third kappa shape index (κ3) is 5.82. The zero-order valence-corrected chi connectivity index (χ0v) is 19.8. The maximum atomic E-state index is 13.2. The molecule has 5 nitrogen and oxygen atoms in total. The van der Waals surface area contributed by atoms with Crippen LogP contribution in [0.3, 0.4) is 0 Å². The molecule has 1 N–H and O–H groups in total. The molecule has 0 aliphatic heterocycles. The highest BCUT2D eigenvalue weighted by atomic mass is 79.9. The van der Waals surface area contributed by atoms with Crippen molar-refractivity contribution in [2.75, 3.05) is 0 Å². The number of carbonyl (C=O) groups excluding carboxylic acids is 1. The molecule has 0 radical (unpaired) electrons. The molecule has 0 bridgehead atoms. The van der Waals surface area contributed by atoms with E-state index >= 15 is 0 Å². The van der Waals surface area contributed by atoms with E-state index < -0.39 is 0 Å². The molecule has 0 aliphatic carbocycles. The normalized spacial score (nSPS) is 11.0. The van der Waals surface area contributed by atoms with Gasteiger partial charge in [0.05, 0.1) is 12.3 Å². The second-order valence-corrected chi connectivity index (χ2v) is 9.26. The van der Waals surface area contributed by atoms with E-state index in [-0.39, 0.29) is 25.2 Å². The number of ether oxygens (including phenoxy) is 1. The predicted octanol–water partition coefficient (Wildman–Crippen LogP) is 5.68. The van der Waals surface area contributed by atoms with Gasteiger partial charge in [-0.3, -0.25) is 4.79 Å². The molecular weight excluding hydrogens is 488 g/mol. The number of aliphatic hydroxyl groups is 1. The lowest BCUT2D eigenvalue weighted by Crippen LogP contribution is -2.36. The molecular formula is C22H22BrClN2O3S. The van der Waals surface area contributed by atoms with Crippen molar-refractivity contribution in [2.45, 2.75) is 39.6 Å². The molecule has 1 amide bonds. The van der Waals surface area contributed by atoms with Gasteiger partial charge in [0, 0.05) is 38.6 Å². The Morgan fingerprint density at radius 2 is 2.10 bits per heavy atom. The minimum absolute atomic E-state index is 0.0191. The van der Waals surface area contributed by atoms with Crippen LogP contribution in [0, 0.1) is 0 Å². The number of amides is 1. The van der Waals surface area contributed by atoms with E-state index in [4.69, 9.17) is 16.3 Å². The monoisotopic (exact) mass is 508 g/mol. The highest BCUT2D eigenvalue weighted by Crippen LogP contribution is 2.27. The summed E-state index contributed by atoms with van der Waals surface area (Å²) in [4.78, 5) is 19.2. The lowest BCUT2D eigenvalue weighted by molar-refractivity contribution is 0.0688. The average Bonchev–Trinajstić information content (AvgIpc) is 3.18. The van der Waals surface area contributed by atoms with Crippen molar-refractivity contribution in [3.05, 3.63) is 79.2 Å². The van der Waals surface area contributed by atoms with Gasteiger partial charge in [-0.25, -0.2) is 4.98 Å². The minimum Gasteiger partial charge on any atom is -0.486 e. The largest absolute Gasteiger partial charge is 0.486 e. The van der Waals surface area contributed by atoms with Crippen LogP contribution in [0.2, 0.25) is 5.02 Å². The van der Waals surface area contributed by atoms with Crippen LogP contribution in [0.5, 0.6) is 5.75 Å². The van der Waals surface area contributed by atoms with Gasteiger partial charge in [0.15, 0.2) is 0 Å². The molecule has 0 fully saturated rings. The first-order valence-corrected chi connectivity index (χ1v) is 11.4. The van der Waals surface area contributed by atoms with Crippen LogP contribution in [0.15, 0.2) is 52.3 Å². The standard InChI is InChI=1S/C22H22BrClN2O3S/c1-14(2)26(22(28)15-4-3-5-17(23)8-15)10-16-9-18(24)6-7-20(16)29-12-21-25-19(11-27)13-30-21/h3-9,13-14,27H,10-12H2,1-2H3. The summed E-state index contributed by atoms with van der Waals surface area (Å²) in [6, 6.07) is 12.7. The average molecular weight is 510 g/mol. The first-order chi connectivity index (χ1) is 14.4. The van der Waals surface area contributed by atoms with E-state index in [0.29, 0.717) is 28.6 Å². The first kappa shape index (κ1) is 22.7. The zero-order valence-electron chi connectivity index (χ0n) is 16.6. The van der Waals surface area contributed by atoms with Crippen LogP contribution in [0.1, 0.15) is 40.5 Å². The Kier molecular flexibility index (Phi) is 7.88. The second kappa shape index (κ2) is 10.4. The van der Waals surface area contributed by atoms with Crippen LogP contribution in [-0.4, -0.2) is 26.9 Å². The second-order valence-electron chi connectivity index (χ2n) is 6.97. The van der Waals surface area contributed by atoms with Crippen LogP contribution >= 0.6 is 38.9 Å². The highest BCUT2D eigenvalue weighted by Gasteiger charge is 2.21. The zero-order chi connectivity index (χ0) is 21.7. The number of aliphatic hydroxyl groups excluding tert-OH is 1. The number of hydrogen-bond acceptors (Lipinski definition) is 5. The topological polar surface area (TPSA) is 62.7 Å². The molecule has 1 heterocycles. The molecule has 0 aliphatic rings. The van der Waals surface area contributed by atoms with Gasteiger partial charge in [-0.1, -0.05) is 33.6 Å². The van der Waals surface area contributed by atoms with E-state index in [1.54, 1.807) is 28.5 Å². The quantitative estimate of drug-likeness (QED) is 0.424. The lowest BCUT2D eigenvalue weighted by atomic mass is 10.1. The molecule has 1 aromatic heterocycles. The summed E-state index contributed by atoms with van der Waals surface area (Å²) in [7, 11) is 0. The van der Waals surface area contributed by atoms with Crippen molar-refractivity contribution >= 4 is 44.8 Å². The fourth-order valence-electron chi connectivity index (χ4n) is 2.90. The maximum Gasteiger partial charge on any atom is 0.254 e. The van der Waals surface area contributed by atoms with Crippen LogP contribution in [0.25, 0.3) is 0 Å². The summed E-state index contributed by atoms with van der Waals surface area (Å²) in [5, 5.41) is 12.3. The van der Waals surface area contributed by atoms with Crippen molar-refractivity contribution in [3.8, 4) is 5.75 Å². The number of hydrogen-bond donors (Lipinski definition) is 1. The molecule has 0 unspecified atom stereocenters. The Bertz CT molecular complexity index is 1030. The molecule has 0 spiro atoms. The molecule has 2 aromatic carbocycles. The number of halogens is 2. The van der Waals surface area contributed by atoms with Gasteiger partial charge >= 0.3 is 0 Å². The van der Waals surface area contributed by atoms with Crippen molar-refractivity contribution in [3.63, 3.8) is 0 Å². The highest BCUT2D eigenvalue weighted by molar-refractivity contribution is 9.10. The van der Waals surface area contributed by atoms with Crippen LogP contribution in [0.4, 0.5) is 0 Å². The van der Waals surface area contributed by atoms with Crippen molar-refractivity contribution in [1.82, 2.24) is 9.88 Å².